The van der Waals surface area contributed by atoms with Gasteiger partial charge in [-0.15, -0.1) is 0 Å². The third-order valence-electron chi connectivity index (χ3n) is 4.78. The molecule has 2 N–H and O–H groups in total. The summed E-state index contributed by atoms with van der Waals surface area (Å²) in [5, 5.41) is 12.4. The normalized spacial score (nSPS) is 23.1. The number of piperazine rings is 1. The highest BCUT2D eigenvalue weighted by molar-refractivity contribution is 6.10. The van der Waals surface area contributed by atoms with Crippen LogP contribution < -0.4 is 10.2 Å². The number of para-hydroxylation sites is 2. The average molecular weight is 346 g/mol. The molecule has 0 bridgehead atoms. The lowest BCUT2D eigenvalue weighted by molar-refractivity contribution is -0.123. The molecule has 0 aliphatic carbocycles. The summed E-state index contributed by atoms with van der Waals surface area (Å²) in [6.45, 7) is 7.32. The number of nitrogens with zero attached hydrogens (tertiary/aromatic N) is 3. The van der Waals surface area contributed by atoms with Gasteiger partial charge in [0.25, 0.3) is 0 Å². The van der Waals surface area contributed by atoms with Crippen LogP contribution in [0.3, 0.4) is 0 Å². The van der Waals surface area contributed by atoms with Gasteiger partial charge in [0.2, 0.25) is 11.8 Å². The van der Waals surface area contributed by atoms with Gasteiger partial charge >= 0.3 is 0 Å². The van der Waals surface area contributed by atoms with E-state index < -0.39 is 0 Å². The first-order valence-corrected chi connectivity index (χ1v) is 8.77. The third kappa shape index (κ3) is 4.18. The van der Waals surface area contributed by atoms with Gasteiger partial charge in [0, 0.05) is 32.2 Å². The second-order valence-electron chi connectivity index (χ2n) is 6.97. The Morgan fingerprint density at radius 3 is 2.84 bits per heavy atom. The van der Waals surface area contributed by atoms with E-state index in [9.17, 15) is 14.7 Å². The molecule has 7 nitrogen and oxygen atoms in total. The third-order valence-corrected chi connectivity index (χ3v) is 4.78. The summed E-state index contributed by atoms with van der Waals surface area (Å²) in [6.07, 6.45) is -0.348. The molecule has 2 aliphatic heterocycles. The Kier molecular flexibility index (Phi) is 5.36. The number of benzene rings is 1. The molecule has 25 heavy (non-hydrogen) atoms. The fraction of sp³-hybridized carbons (Fsp3) is 0.556. The average Bonchev–Trinajstić information content (AvgIpc) is 2.56. The molecule has 1 fully saturated rings. The van der Waals surface area contributed by atoms with E-state index in [0.717, 1.165) is 25.3 Å². The molecule has 1 aromatic rings. The van der Waals surface area contributed by atoms with Gasteiger partial charge in [-0.25, -0.2) is 0 Å². The number of hydrogen-bond donors (Lipinski definition) is 2. The lowest BCUT2D eigenvalue weighted by Crippen LogP contribution is -2.56. The number of amides is 2. The molecule has 0 radical (unpaired) electrons. The Bertz CT molecular complexity index is 649. The van der Waals surface area contributed by atoms with Crippen molar-refractivity contribution in [2.45, 2.75) is 26.0 Å². The van der Waals surface area contributed by atoms with E-state index in [1.165, 1.54) is 0 Å². The van der Waals surface area contributed by atoms with Crippen molar-refractivity contribution >= 4 is 23.2 Å². The zero-order valence-corrected chi connectivity index (χ0v) is 14.8. The summed E-state index contributed by atoms with van der Waals surface area (Å²) in [7, 11) is 0. The van der Waals surface area contributed by atoms with E-state index in [4.69, 9.17) is 0 Å². The Morgan fingerprint density at radius 1 is 1.36 bits per heavy atom. The fourth-order valence-corrected chi connectivity index (χ4v) is 3.56. The lowest BCUT2D eigenvalue weighted by atomic mass is 10.1. The SMILES string of the molecule is C[C@H](O)CN1CCN(CC(=O)N2CC(=O)Nc3ccccc32)C[C@H]1C. The molecule has 7 heteroatoms. The number of anilines is 2. The summed E-state index contributed by atoms with van der Waals surface area (Å²) in [5.41, 5.74) is 1.44. The fourth-order valence-electron chi connectivity index (χ4n) is 3.56. The number of rotatable bonds is 4. The van der Waals surface area contributed by atoms with Gasteiger partial charge in [-0.1, -0.05) is 12.1 Å². The number of carbonyl (C=O) groups excluding carboxylic acids is 2. The van der Waals surface area contributed by atoms with Crippen molar-refractivity contribution in [3.63, 3.8) is 0 Å². The topological polar surface area (TPSA) is 76.1 Å². The second kappa shape index (κ2) is 7.51. The predicted octanol–water partition coefficient (Wildman–Crippen LogP) is 0.359. The van der Waals surface area contributed by atoms with E-state index in [1.54, 1.807) is 11.8 Å². The first-order valence-electron chi connectivity index (χ1n) is 8.77. The maximum absolute atomic E-state index is 12.8. The summed E-state index contributed by atoms with van der Waals surface area (Å²) in [6, 6.07) is 7.66. The van der Waals surface area contributed by atoms with Crippen molar-refractivity contribution in [1.82, 2.24) is 9.80 Å². The number of aliphatic hydroxyl groups excluding tert-OH is 1. The van der Waals surface area contributed by atoms with Crippen LogP contribution in [0.2, 0.25) is 0 Å². The first-order chi connectivity index (χ1) is 11.9. The molecular formula is C18H26N4O3. The molecule has 0 unspecified atom stereocenters. The van der Waals surface area contributed by atoms with E-state index in [0.29, 0.717) is 18.8 Å². The maximum atomic E-state index is 12.8. The van der Waals surface area contributed by atoms with Crippen LogP contribution in [0.4, 0.5) is 11.4 Å². The minimum Gasteiger partial charge on any atom is -0.392 e. The van der Waals surface area contributed by atoms with Gasteiger partial charge in [0.05, 0.1) is 24.0 Å². The predicted molar refractivity (Wildman–Crippen MR) is 96.6 cm³/mol. The highest BCUT2D eigenvalue weighted by Crippen LogP contribution is 2.29. The monoisotopic (exact) mass is 346 g/mol. The van der Waals surface area contributed by atoms with Crippen molar-refractivity contribution in [2.75, 3.05) is 49.5 Å². The molecule has 3 rings (SSSR count). The van der Waals surface area contributed by atoms with Crippen molar-refractivity contribution in [2.24, 2.45) is 0 Å². The Balaban J connectivity index is 1.63. The number of hydrogen-bond acceptors (Lipinski definition) is 5. The molecule has 0 aromatic heterocycles. The smallest absolute Gasteiger partial charge is 0.244 e. The first kappa shape index (κ1) is 17.8. The Hall–Kier alpha value is -1.96. The quantitative estimate of drug-likeness (QED) is 0.823. The van der Waals surface area contributed by atoms with Crippen molar-refractivity contribution in [1.29, 1.82) is 0 Å². The number of fused-ring (bicyclic) bond motifs is 1. The highest BCUT2D eigenvalue weighted by atomic mass is 16.3. The van der Waals surface area contributed by atoms with Crippen LogP contribution in [-0.4, -0.2) is 78.1 Å². The molecule has 2 aliphatic rings. The molecule has 136 valence electrons. The molecule has 1 aromatic carbocycles. The van der Waals surface area contributed by atoms with Crippen LogP contribution in [0.15, 0.2) is 24.3 Å². The zero-order chi connectivity index (χ0) is 18.0. The minimum absolute atomic E-state index is 0.0570. The van der Waals surface area contributed by atoms with E-state index >= 15 is 0 Å². The van der Waals surface area contributed by atoms with Gasteiger partial charge in [-0.2, -0.15) is 0 Å². The van der Waals surface area contributed by atoms with Crippen LogP contribution in [0.1, 0.15) is 13.8 Å². The Morgan fingerprint density at radius 2 is 2.12 bits per heavy atom. The molecular weight excluding hydrogens is 320 g/mol. The molecule has 0 saturated carbocycles. The van der Waals surface area contributed by atoms with Gasteiger partial charge in [-0.05, 0) is 26.0 Å². The van der Waals surface area contributed by atoms with Crippen molar-refractivity contribution in [3.8, 4) is 0 Å². The summed E-state index contributed by atoms with van der Waals surface area (Å²) < 4.78 is 0. The van der Waals surface area contributed by atoms with Gasteiger partial charge in [0.15, 0.2) is 0 Å². The standard InChI is InChI=1S/C18H26N4O3/c1-13-9-20(7-8-21(13)10-14(2)23)12-18(25)22-11-17(24)19-15-5-3-4-6-16(15)22/h3-6,13-14,23H,7-12H2,1-2H3,(H,19,24)/t13-,14+/m1/s1. The van der Waals surface area contributed by atoms with Crippen molar-refractivity contribution < 1.29 is 14.7 Å². The Labute approximate surface area is 148 Å². The molecule has 2 amide bonds. The number of nitrogens with one attached hydrogen (secondary N) is 1. The number of β-amino-alcohol motifs (C(OH)–C–C–N with tert-alkyl or cyclic N) is 1. The minimum atomic E-state index is -0.348. The summed E-state index contributed by atoms with van der Waals surface area (Å²) in [4.78, 5) is 30.6. The van der Waals surface area contributed by atoms with E-state index in [-0.39, 0.29) is 30.5 Å². The molecule has 2 heterocycles. The van der Waals surface area contributed by atoms with Crippen LogP contribution in [-0.2, 0) is 9.59 Å². The molecule has 1 saturated heterocycles. The van der Waals surface area contributed by atoms with Gasteiger partial charge in [-0.3, -0.25) is 24.3 Å². The van der Waals surface area contributed by atoms with E-state index in [1.807, 2.05) is 24.3 Å². The van der Waals surface area contributed by atoms with Gasteiger partial charge < -0.3 is 10.4 Å². The van der Waals surface area contributed by atoms with Crippen LogP contribution >= 0.6 is 0 Å². The van der Waals surface area contributed by atoms with Crippen LogP contribution in [0, 0.1) is 0 Å². The maximum Gasteiger partial charge on any atom is 0.244 e. The zero-order valence-electron chi connectivity index (χ0n) is 14.8. The van der Waals surface area contributed by atoms with Crippen LogP contribution in [0.25, 0.3) is 0 Å². The summed E-state index contributed by atoms with van der Waals surface area (Å²) >= 11 is 0. The highest BCUT2D eigenvalue weighted by Gasteiger charge is 2.30. The summed E-state index contributed by atoms with van der Waals surface area (Å²) in [5.74, 6) is -0.222. The molecule has 2 atom stereocenters. The second-order valence-corrected chi connectivity index (χ2v) is 6.97. The molecule has 0 spiro atoms. The number of carbonyl (C=O) groups is 2. The number of aliphatic hydroxyl groups is 1. The van der Waals surface area contributed by atoms with Gasteiger partial charge in [0.1, 0.15) is 6.54 Å². The van der Waals surface area contributed by atoms with Crippen molar-refractivity contribution in [3.05, 3.63) is 24.3 Å². The largest absolute Gasteiger partial charge is 0.392 e. The van der Waals surface area contributed by atoms with E-state index in [2.05, 4.69) is 22.0 Å². The van der Waals surface area contributed by atoms with Crippen LogP contribution in [0.5, 0.6) is 0 Å². The lowest BCUT2D eigenvalue weighted by Gasteiger charge is -2.40.